The molecule has 0 rings (SSSR count). The molecule has 0 aromatic rings. The van der Waals surface area contributed by atoms with E-state index < -0.39 is 18.2 Å². The molecule has 0 bridgehead atoms. The zero-order valence-corrected chi connectivity index (χ0v) is 38.0. The van der Waals surface area contributed by atoms with Crippen LogP contribution in [0.2, 0.25) is 0 Å². The van der Waals surface area contributed by atoms with E-state index in [1.807, 2.05) is 66.8 Å². The van der Waals surface area contributed by atoms with Gasteiger partial charge in [0.05, 0.1) is 25.2 Å². The van der Waals surface area contributed by atoms with Crippen LogP contribution >= 0.6 is 0 Å². The maximum Gasteiger partial charge on any atom is 0.306 e. The largest absolute Gasteiger partial charge is 0.458 e. The Kier molecular flexibility index (Phi) is 43.0. The summed E-state index contributed by atoms with van der Waals surface area (Å²) in [4.78, 5) is 26.0. The van der Waals surface area contributed by atoms with E-state index in [9.17, 15) is 19.8 Å². The minimum Gasteiger partial charge on any atom is -0.458 e. The summed E-state index contributed by atoms with van der Waals surface area (Å²) in [5.74, 6) is -0.698. The molecule has 0 aliphatic carbocycles. The van der Waals surface area contributed by atoms with Gasteiger partial charge in [-0.1, -0.05) is 219 Å². The molecule has 0 spiro atoms. The highest BCUT2D eigenvalue weighted by molar-refractivity contribution is 5.78. The van der Waals surface area contributed by atoms with Gasteiger partial charge in [0.1, 0.15) is 6.10 Å². The van der Waals surface area contributed by atoms with Crippen molar-refractivity contribution in [3.8, 4) is 0 Å². The molecule has 6 heteroatoms. The topological polar surface area (TPSA) is 95.9 Å². The molecule has 60 heavy (non-hydrogen) atoms. The molecule has 0 saturated heterocycles. The third kappa shape index (κ3) is 40.8. The van der Waals surface area contributed by atoms with Crippen LogP contribution in [-0.4, -0.2) is 46.9 Å². The summed E-state index contributed by atoms with van der Waals surface area (Å²) in [6.45, 7) is 6.13. The number of rotatable bonds is 39. The van der Waals surface area contributed by atoms with Gasteiger partial charge in [0, 0.05) is 6.42 Å². The molecular formula is C54H85NO5. The van der Waals surface area contributed by atoms with E-state index in [0.29, 0.717) is 19.3 Å². The Hall–Kier alpha value is -4.00. The van der Waals surface area contributed by atoms with Crippen LogP contribution in [0.4, 0.5) is 0 Å². The Labute approximate surface area is 367 Å². The average Bonchev–Trinajstić information content (AvgIpc) is 3.24. The minimum atomic E-state index is -0.835. The molecule has 0 aromatic heterocycles. The summed E-state index contributed by atoms with van der Waals surface area (Å²) in [5.41, 5.74) is 0. The molecule has 0 fully saturated rings. The monoisotopic (exact) mass is 828 g/mol. The van der Waals surface area contributed by atoms with E-state index in [1.165, 1.54) is 44.9 Å². The van der Waals surface area contributed by atoms with Gasteiger partial charge in [-0.3, -0.25) is 9.59 Å². The molecule has 0 aliphatic rings. The highest BCUT2D eigenvalue weighted by Gasteiger charge is 2.23. The molecule has 0 aliphatic heterocycles. The third-order valence-corrected chi connectivity index (χ3v) is 9.63. The summed E-state index contributed by atoms with van der Waals surface area (Å²) in [6, 6.07) is -0.760. The van der Waals surface area contributed by atoms with Crippen LogP contribution < -0.4 is 5.32 Å². The van der Waals surface area contributed by atoms with Crippen molar-refractivity contribution in [3.05, 3.63) is 134 Å². The number of hydrogen-bond acceptors (Lipinski definition) is 5. The van der Waals surface area contributed by atoms with Crippen LogP contribution in [-0.2, 0) is 14.3 Å². The van der Waals surface area contributed by atoms with E-state index in [-0.39, 0.29) is 31.3 Å². The Morgan fingerprint density at radius 2 is 1.00 bits per heavy atom. The Balaban J connectivity index is 4.90. The van der Waals surface area contributed by atoms with Crippen molar-refractivity contribution in [1.29, 1.82) is 0 Å². The number of esters is 1. The van der Waals surface area contributed by atoms with Gasteiger partial charge in [-0.15, -0.1) is 0 Å². The average molecular weight is 828 g/mol. The van der Waals surface area contributed by atoms with Crippen molar-refractivity contribution in [1.82, 2.24) is 5.32 Å². The normalized spacial score (nSPS) is 14.6. The van der Waals surface area contributed by atoms with Gasteiger partial charge < -0.3 is 20.3 Å². The second-order valence-corrected chi connectivity index (χ2v) is 15.2. The molecule has 336 valence electrons. The van der Waals surface area contributed by atoms with Crippen molar-refractivity contribution in [3.63, 3.8) is 0 Å². The fraction of sp³-hybridized carbons (Fsp3) is 0.556. The van der Waals surface area contributed by atoms with Crippen molar-refractivity contribution < 1.29 is 24.5 Å². The second-order valence-electron chi connectivity index (χ2n) is 15.2. The molecule has 1 amide bonds. The number of carbonyl (C=O) groups is 2. The Morgan fingerprint density at radius 3 is 1.53 bits per heavy atom. The molecule has 6 nitrogen and oxygen atoms in total. The Morgan fingerprint density at radius 1 is 0.533 bits per heavy atom. The molecule has 3 N–H and O–H groups in total. The standard InChI is InChI=1S/C54H85NO5/c1-4-7-10-13-16-19-22-24-26-27-28-30-32-35-38-41-44-47-54(59)60-50(45-42-39-36-33-31-29-25-23-20-17-14-11-8-5-2)48-53(58)55-51(49-56)52(57)46-43-40-37-34-21-18-15-12-9-6-3/h7-8,10-11,13,16-17,19-20,22,24-30,32-33,36,42,45,50-52,56-57H,4-6,9,12,14-15,18,21,23,31,34-35,37-41,43-44,46-49H2,1-3H3,(H,55,58)/b10-7-,11-8+,16-13+,20-17+,22-19+,26-24-,28-27+,29-25+,32-30+,36-33+,45-42+. The summed E-state index contributed by atoms with van der Waals surface area (Å²) >= 11 is 0. The number of hydrogen-bond donors (Lipinski definition) is 3. The SMILES string of the molecule is CC\C=C/C=C/C=C/C=C\C=C\C=C\CCCCCC(=O)OC(/C=C/C/C=C/C/C=C/C/C=C/C/C=C/CC)CC(=O)NC(CO)C(O)CCCCCCCCCCCC. The number of aliphatic hydroxyl groups excluding tert-OH is 2. The molecule has 0 aromatic carbocycles. The van der Waals surface area contributed by atoms with Crippen LogP contribution in [0, 0.1) is 0 Å². The van der Waals surface area contributed by atoms with Crippen LogP contribution in [0.15, 0.2) is 134 Å². The van der Waals surface area contributed by atoms with Gasteiger partial charge >= 0.3 is 5.97 Å². The zero-order valence-electron chi connectivity index (χ0n) is 38.0. The fourth-order valence-electron chi connectivity index (χ4n) is 6.13. The lowest BCUT2D eigenvalue weighted by molar-refractivity contribution is -0.148. The van der Waals surface area contributed by atoms with Gasteiger partial charge in [0.25, 0.3) is 0 Å². The van der Waals surface area contributed by atoms with Gasteiger partial charge in [-0.25, -0.2) is 0 Å². The lowest BCUT2D eigenvalue weighted by atomic mass is 10.0. The van der Waals surface area contributed by atoms with E-state index in [2.05, 4.69) is 86.8 Å². The highest BCUT2D eigenvalue weighted by atomic mass is 16.5. The van der Waals surface area contributed by atoms with Crippen LogP contribution in [0.3, 0.4) is 0 Å². The highest BCUT2D eigenvalue weighted by Crippen LogP contribution is 2.14. The smallest absolute Gasteiger partial charge is 0.306 e. The molecule has 3 unspecified atom stereocenters. The lowest BCUT2D eigenvalue weighted by Gasteiger charge is -2.23. The number of unbranched alkanes of at least 4 members (excludes halogenated alkanes) is 12. The first-order chi connectivity index (χ1) is 29.5. The van der Waals surface area contributed by atoms with Crippen LogP contribution in [0.25, 0.3) is 0 Å². The fourth-order valence-corrected chi connectivity index (χ4v) is 6.13. The molecular weight excluding hydrogens is 743 g/mol. The van der Waals surface area contributed by atoms with Gasteiger partial charge in [-0.2, -0.15) is 0 Å². The van der Waals surface area contributed by atoms with E-state index in [4.69, 9.17) is 4.74 Å². The van der Waals surface area contributed by atoms with Crippen LogP contribution in [0.1, 0.15) is 168 Å². The van der Waals surface area contributed by atoms with Gasteiger partial charge in [0.2, 0.25) is 5.91 Å². The number of aliphatic hydroxyl groups is 2. The summed E-state index contributed by atoms with van der Waals surface area (Å²) < 4.78 is 5.78. The van der Waals surface area contributed by atoms with Crippen molar-refractivity contribution in [2.75, 3.05) is 6.61 Å². The first-order valence-electron chi connectivity index (χ1n) is 23.5. The lowest BCUT2D eigenvalue weighted by Crippen LogP contribution is -2.46. The summed E-state index contributed by atoms with van der Waals surface area (Å²) in [6.07, 6.45) is 65.3. The van der Waals surface area contributed by atoms with E-state index >= 15 is 0 Å². The predicted octanol–water partition coefficient (Wildman–Crippen LogP) is 13.9. The molecule has 0 saturated carbocycles. The van der Waals surface area contributed by atoms with Crippen molar-refractivity contribution in [2.24, 2.45) is 0 Å². The number of nitrogens with one attached hydrogen (secondary N) is 1. The Bertz CT molecular complexity index is 1340. The van der Waals surface area contributed by atoms with Crippen molar-refractivity contribution in [2.45, 2.75) is 187 Å². The number of carbonyl (C=O) groups excluding carboxylic acids is 2. The first kappa shape index (κ1) is 56.0. The number of amides is 1. The summed E-state index contributed by atoms with van der Waals surface area (Å²) in [5, 5.41) is 23.6. The number of allylic oxidation sites excluding steroid dienone is 21. The van der Waals surface area contributed by atoms with Crippen molar-refractivity contribution >= 4 is 11.9 Å². The van der Waals surface area contributed by atoms with E-state index in [0.717, 1.165) is 70.6 Å². The second kappa shape index (κ2) is 46.1. The summed E-state index contributed by atoms with van der Waals surface area (Å²) in [7, 11) is 0. The molecule has 3 atom stereocenters. The molecule has 0 heterocycles. The van der Waals surface area contributed by atoms with Crippen LogP contribution in [0.5, 0.6) is 0 Å². The predicted molar refractivity (Wildman–Crippen MR) is 259 cm³/mol. The van der Waals surface area contributed by atoms with E-state index in [1.54, 1.807) is 6.08 Å². The minimum absolute atomic E-state index is 0.0740. The van der Waals surface area contributed by atoms with Gasteiger partial charge in [0.15, 0.2) is 0 Å². The molecule has 0 radical (unpaired) electrons. The maximum absolute atomic E-state index is 13.1. The first-order valence-corrected chi connectivity index (χ1v) is 23.5. The number of ether oxygens (including phenoxy) is 1. The third-order valence-electron chi connectivity index (χ3n) is 9.63. The quantitative estimate of drug-likeness (QED) is 0.0248. The maximum atomic E-state index is 13.1. The van der Waals surface area contributed by atoms with Gasteiger partial charge in [-0.05, 0) is 70.3 Å². The zero-order chi connectivity index (χ0) is 43.8.